The zero-order chi connectivity index (χ0) is 20.0. The molecule has 0 spiro atoms. The number of hydrogen-bond donors (Lipinski definition) is 2. The third-order valence-corrected chi connectivity index (χ3v) is 6.62. The summed E-state index contributed by atoms with van der Waals surface area (Å²) < 4.78 is 33.3. The number of rotatable bonds is 8. The molecule has 2 unspecified atom stereocenters. The van der Waals surface area contributed by atoms with Gasteiger partial charge in [-0.2, -0.15) is 4.31 Å². The number of methoxy groups -OCH3 is 1. The lowest BCUT2D eigenvalue weighted by Crippen LogP contribution is -2.42. The Bertz CT molecular complexity index is 748. The molecule has 0 bridgehead atoms. The number of sulfonamides is 1. The lowest BCUT2D eigenvalue weighted by atomic mass is 9.94. The SMILES string of the molecule is CNCCCNC(=O)c1ccc(OC)c(S(=O)(=O)N2CC(C)CC(C)C2)c1.Cl. The van der Waals surface area contributed by atoms with Crippen molar-refractivity contribution in [1.82, 2.24) is 14.9 Å². The Labute approximate surface area is 174 Å². The van der Waals surface area contributed by atoms with Gasteiger partial charge in [-0.25, -0.2) is 8.42 Å². The van der Waals surface area contributed by atoms with Crippen LogP contribution in [0.4, 0.5) is 0 Å². The molecular formula is C19H32ClN3O4S. The van der Waals surface area contributed by atoms with Gasteiger partial charge in [-0.05, 0) is 56.5 Å². The van der Waals surface area contributed by atoms with Gasteiger partial charge in [-0.3, -0.25) is 4.79 Å². The van der Waals surface area contributed by atoms with Crippen LogP contribution in [0.15, 0.2) is 23.1 Å². The molecule has 1 amide bonds. The number of hydrogen-bond acceptors (Lipinski definition) is 5. The van der Waals surface area contributed by atoms with Crippen molar-refractivity contribution in [2.75, 3.05) is 40.3 Å². The maximum absolute atomic E-state index is 13.2. The molecule has 7 nitrogen and oxygen atoms in total. The van der Waals surface area contributed by atoms with E-state index in [4.69, 9.17) is 4.74 Å². The molecule has 160 valence electrons. The van der Waals surface area contributed by atoms with E-state index in [0.29, 0.717) is 37.0 Å². The van der Waals surface area contributed by atoms with E-state index < -0.39 is 10.0 Å². The zero-order valence-corrected chi connectivity index (χ0v) is 18.7. The first kappa shape index (κ1) is 24.7. The van der Waals surface area contributed by atoms with Crippen LogP contribution in [0.2, 0.25) is 0 Å². The first-order valence-corrected chi connectivity index (χ1v) is 10.8. The molecule has 2 atom stereocenters. The van der Waals surface area contributed by atoms with Crippen molar-refractivity contribution in [3.05, 3.63) is 23.8 Å². The number of piperidine rings is 1. The van der Waals surface area contributed by atoms with Crippen LogP contribution in [0.25, 0.3) is 0 Å². The van der Waals surface area contributed by atoms with E-state index >= 15 is 0 Å². The van der Waals surface area contributed by atoms with Crippen LogP contribution in [0, 0.1) is 11.8 Å². The van der Waals surface area contributed by atoms with Gasteiger partial charge in [-0.15, -0.1) is 12.4 Å². The van der Waals surface area contributed by atoms with Crippen molar-refractivity contribution in [2.24, 2.45) is 11.8 Å². The first-order chi connectivity index (χ1) is 12.8. The van der Waals surface area contributed by atoms with Crippen molar-refractivity contribution in [3.63, 3.8) is 0 Å². The van der Waals surface area contributed by atoms with Gasteiger partial charge in [0.2, 0.25) is 10.0 Å². The quantitative estimate of drug-likeness (QED) is 0.613. The Balaban J connectivity index is 0.00000392. The number of carbonyl (C=O) groups excluding carboxylic acids is 1. The van der Waals surface area contributed by atoms with E-state index in [1.807, 2.05) is 7.05 Å². The molecule has 1 aromatic carbocycles. The van der Waals surface area contributed by atoms with Crippen molar-refractivity contribution in [2.45, 2.75) is 31.6 Å². The van der Waals surface area contributed by atoms with Gasteiger partial charge in [0.15, 0.2) is 0 Å². The fourth-order valence-electron chi connectivity index (χ4n) is 3.53. The zero-order valence-electron chi connectivity index (χ0n) is 17.0. The van der Waals surface area contributed by atoms with Gasteiger partial charge in [0, 0.05) is 25.2 Å². The molecule has 1 aliphatic rings. The highest BCUT2D eigenvalue weighted by molar-refractivity contribution is 7.89. The van der Waals surface area contributed by atoms with Crippen LogP contribution in [-0.2, 0) is 10.0 Å². The maximum Gasteiger partial charge on any atom is 0.251 e. The summed E-state index contributed by atoms with van der Waals surface area (Å²) in [6, 6.07) is 4.56. The molecule has 28 heavy (non-hydrogen) atoms. The molecule has 0 radical (unpaired) electrons. The predicted molar refractivity (Wildman–Crippen MR) is 113 cm³/mol. The minimum absolute atomic E-state index is 0. The standard InChI is InChI=1S/C19H31N3O4S.ClH/c1-14-10-15(2)13-22(12-14)27(24,25)18-11-16(6-7-17(18)26-4)19(23)21-9-5-8-20-3;/h6-7,11,14-15,20H,5,8-10,12-13H2,1-4H3,(H,21,23);1H. The highest BCUT2D eigenvalue weighted by atomic mass is 35.5. The third kappa shape index (κ3) is 6.07. The summed E-state index contributed by atoms with van der Waals surface area (Å²) in [5.74, 6) is 0.569. The van der Waals surface area contributed by atoms with Crippen LogP contribution in [0.3, 0.4) is 0 Å². The van der Waals surface area contributed by atoms with Gasteiger partial charge in [0.25, 0.3) is 5.91 Å². The van der Waals surface area contributed by atoms with Crippen molar-refractivity contribution in [1.29, 1.82) is 0 Å². The van der Waals surface area contributed by atoms with E-state index in [-0.39, 0.29) is 29.0 Å². The van der Waals surface area contributed by atoms with E-state index in [2.05, 4.69) is 24.5 Å². The molecule has 0 saturated carbocycles. The van der Waals surface area contributed by atoms with Gasteiger partial charge in [0.05, 0.1) is 7.11 Å². The van der Waals surface area contributed by atoms with E-state index in [0.717, 1.165) is 19.4 Å². The van der Waals surface area contributed by atoms with E-state index in [1.54, 1.807) is 12.1 Å². The Kier molecular flexibility index (Phi) is 9.69. The number of nitrogens with zero attached hydrogens (tertiary/aromatic N) is 1. The van der Waals surface area contributed by atoms with Crippen LogP contribution in [-0.4, -0.2) is 59.0 Å². The Hall–Kier alpha value is -1.35. The number of amides is 1. The van der Waals surface area contributed by atoms with Crippen LogP contribution >= 0.6 is 12.4 Å². The van der Waals surface area contributed by atoms with Crippen molar-refractivity contribution < 1.29 is 17.9 Å². The summed E-state index contributed by atoms with van der Waals surface area (Å²) in [7, 11) is -0.448. The minimum Gasteiger partial charge on any atom is -0.495 e. The molecule has 1 aromatic rings. The van der Waals surface area contributed by atoms with Gasteiger partial charge in [0.1, 0.15) is 10.6 Å². The molecule has 1 fully saturated rings. The smallest absolute Gasteiger partial charge is 0.251 e. The summed E-state index contributed by atoms with van der Waals surface area (Å²) in [6.45, 7) is 6.41. The Morgan fingerprint density at radius 1 is 1.21 bits per heavy atom. The highest BCUT2D eigenvalue weighted by Crippen LogP contribution is 2.32. The molecular weight excluding hydrogens is 402 g/mol. The second-order valence-corrected chi connectivity index (χ2v) is 9.25. The molecule has 1 aliphatic heterocycles. The molecule has 1 heterocycles. The molecule has 9 heteroatoms. The van der Waals surface area contributed by atoms with E-state index in [9.17, 15) is 13.2 Å². The van der Waals surface area contributed by atoms with Crippen LogP contribution in [0.1, 0.15) is 37.0 Å². The molecule has 0 aromatic heterocycles. The third-order valence-electron chi connectivity index (χ3n) is 4.77. The molecule has 0 aliphatic carbocycles. The maximum atomic E-state index is 13.2. The van der Waals surface area contributed by atoms with Crippen LogP contribution < -0.4 is 15.4 Å². The highest BCUT2D eigenvalue weighted by Gasteiger charge is 2.34. The lowest BCUT2D eigenvalue weighted by molar-refractivity contribution is 0.0953. The fraction of sp³-hybridized carbons (Fsp3) is 0.632. The first-order valence-electron chi connectivity index (χ1n) is 9.40. The Morgan fingerprint density at radius 3 is 2.43 bits per heavy atom. The number of nitrogens with one attached hydrogen (secondary N) is 2. The van der Waals surface area contributed by atoms with Crippen molar-refractivity contribution in [3.8, 4) is 5.75 Å². The van der Waals surface area contributed by atoms with Crippen LogP contribution in [0.5, 0.6) is 5.75 Å². The number of benzene rings is 1. The molecule has 2 N–H and O–H groups in total. The minimum atomic E-state index is -3.74. The summed E-state index contributed by atoms with van der Waals surface area (Å²) in [6.07, 6.45) is 1.81. The number of halogens is 1. The lowest BCUT2D eigenvalue weighted by Gasteiger charge is -2.34. The van der Waals surface area contributed by atoms with Crippen molar-refractivity contribution >= 4 is 28.3 Å². The topological polar surface area (TPSA) is 87.7 Å². The second kappa shape index (κ2) is 11.0. The van der Waals surface area contributed by atoms with Gasteiger partial charge in [-0.1, -0.05) is 13.8 Å². The van der Waals surface area contributed by atoms with Gasteiger partial charge >= 0.3 is 0 Å². The largest absolute Gasteiger partial charge is 0.495 e. The summed E-state index contributed by atoms with van der Waals surface area (Å²) in [5.41, 5.74) is 0.317. The average Bonchev–Trinajstić information content (AvgIpc) is 2.63. The monoisotopic (exact) mass is 433 g/mol. The number of carbonyl (C=O) groups is 1. The fourth-order valence-corrected chi connectivity index (χ4v) is 5.39. The second-order valence-electron chi connectivity index (χ2n) is 7.35. The average molecular weight is 434 g/mol. The normalized spacial score (nSPS) is 20.3. The van der Waals surface area contributed by atoms with Gasteiger partial charge < -0.3 is 15.4 Å². The number of ether oxygens (including phenoxy) is 1. The Morgan fingerprint density at radius 2 is 1.86 bits per heavy atom. The molecule has 2 rings (SSSR count). The van der Waals surface area contributed by atoms with E-state index in [1.165, 1.54) is 17.5 Å². The predicted octanol–water partition coefficient (Wildman–Crippen LogP) is 2.12. The molecule has 1 saturated heterocycles. The summed E-state index contributed by atoms with van der Waals surface area (Å²) in [4.78, 5) is 12.4. The summed E-state index contributed by atoms with van der Waals surface area (Å²) >= 11 is 0. The summed E-state index contributed by atoms with van der Waals surface area (Å²) in [5, 5.41) is 5.83.